The van der Waals surface area contributed by atoms with Gasteiger partial charge in [0.15, 0.2) is 5.78 Å². The molecule has 0 saturated heterocycles. The van der Waals surface area contributed by atoms with Crippen LogP contribution in [0.1, 0.15) is 55.1 Å². The van der Waals surface area contributed by atoms with Gasteiger partial charge >= 0.3 is 0 Å². The fraction of sp³-hybridized carbons (Fsp3) is 0.269. The first-order valence-electron chi connectivity index (χ1n) is 9.87. The normalized spacial score (nSPS) is 11.2. The largest absolute Gasteiger partial charge is 0.457 e. The van der Waals surface area contributed by atoms with Crippen LogP contribution in [-0.4, -0.2) is 5.78 Å². The first kappa shape index (κ1) is 19.9. The number of carbonyl (C=O) groups excluding carboxylic acids is 1. The summed E-state index contributed by atoms with van der Waals surface area (Å²) in [5.41, 5.74) is 3.38. The maximum Gasteiger partial charge on any atom is 0.162 e. The number of para-hydroxylation sites is 1. The van der Waals surface area contributed by atoms with E-state index in [2.05, 4.69) is 45.0 Å². The van der Waals surface area contributed by atoms with E-state index in [1.807, 2.05) is 54.6 Å². The minimum atomic E-state index is 0.109. The monoisotopic (exact) mass is 372 g/mol. The standard InChI is InChI=1S/C26H28O2/c1-26(2,3)22-16-14-21(15-17-22)25(27)11-7-8-20-12-18-24(19-13-20)28-23-9-5-4-6-10-23/h4-6,9-10,12-19H,7-8,11H2,1-3H3. The van der Waals surface area contributed by atoms with Crippen molar-refractivity contribution in [3.05, 3.63) is 95.6 Å². The number of aryl methyl sites for hydroxylation is 1. The Bertz CT molecular complexity index is 886. The SMILES string of the molecule is CC(C)(C)c1ccc(C(=O)CCCc2ccc(Oc3ccccc3)cc2)cc1. The highest BCUT2D eigenvalue weighted by Gasteiger charge is 2.14. The molecule has 0 atom stereocenters. The van der Waals surface area contributed by atoms with Crippen LogP contribution in [0.25, 0.3) is 0 Å². The van der Waals surface area contributed by atoms with E-state index in [0.29, 0.717) is 6.42 Å². The first-order valence-corrected chi connectivity index (χ1v) is 9.87. The van der Waals surface area contributed by atoms with Crippen LogP contribution in [0.5, 0.6) is 11.5 Å². The number of carbonyl (C=O) groups is 1. The third-order valence-electron chi connectivity index (χ3n) is 4.84. The molecule has 0 fully saturated rings. The van der Waals surface area contributed by atoms with Gasteiger partial charge in [-0.15, -0.1) is 0 Å². The molecule has 0 radical (unpaired) electrons. The molecule has 0 amide bonds. The van der Waals surface area contributed by atoms with Gasteiger partial charge in [0, 0.05) is 12.0 Å². The van der Waals surface area contributed by atoms with Crippen molar-refractivity contribution in [1.82, 2.24) is 0 Å². The number of ether oxygens (including phenoxy) is 1. The lowest BCUT2D eigenvalue weighted by Crippen LogP contribution is -2.11. The van der Waals surface area contributed by atoms with Crippen LogP contribution < -0.4 is 4.74 Å². The molecule has 0 aliphatic carbocycles. The molecule has 3 rings (SSSR count). The molecule has 0 N–H and O–H groups in total. The Kier molecular flexibility index (Phi) is 6.30. The molecule has 0 spiro atoms. The molecular weight excluding hydrogens is 344 g/mol. The molecule has 0 aliphatic rings. The average Bonchev–Trinajstić information content (AvgIpc) is 2.69. The van der Waals surface area contributed by atoms with Gasteiger partial charge < -0.3 is 4.74 Å². The summed E-state index contributed by atoms with van der Waals surface area (Å²) in [5.74, 6) is 1.87. The van der Waals surface area contributed by atoms with E-state index < -0.39 is 0 Å². The highest BCUT2D eigenvalue weighted by atomic mass is 16.5. The Morgan fingerprint density at radius 3 is 2.00 bits per heavy atom. The lowest BCUT2D eigenvalue weighted by Gasteiger charge is -2.19. The number of rotatable bonds is 7. The summed E-state index contributed by atoms with van der Waals surface area (Å²) in [6, 6.07) is 25.9. The summed E-state index contributed by atoms with van der Waals surface area (Å²) in [7, 11) is 0. The van der Waals surface area contributed by atoms with Crippen LogP contribution >= 0.6 is 0 Å². The molecule has 2 nitrogen and oxygen atoms in total. The summed E-state index contributed by atoms with van der Waals surface area (Å²) >= 11 is 0. The maximum absolute atomic E-state index is 12.4. The van der Waals surface area contributed by atoms with Crippen LogP contribution in [0.3, 0.4) is 0 Å². The Morgan fingerprint density at radius 1 is 0.786 bits per heavy atom. The second kappa shape index (κ2) is 8.88. The molecule has 0 aromatic heterocycles. The van der Waals surface area contributed by atoms with Crippen molar-refractivity contribution in [3.63, 3.8) is 0 Å². The fourth-order valence-corrected chi connectivity index (χ4v) is 3.10. The van der Waals surface area contributed by atoms with Crippen molar-refractivity contribution in [1.29, 1.82) is 0 Å². The Balaban J connectivity index is 1.48. The number of Topliss-reactive ketones (excluding diaryl/α,β-unsaturated/α-hetero) is 1. The maximum atomic E-state index is 12.4. The van der Waals surface area contributed by atoms with E-state index in [4.69, 9.17) is 4.74 Å². The van der Waals surface area contributed by atoms with Crippen molar-refractivity contribution in [2.24, 2.45) is 0 Å². The topological polar surface area (TPSA) is 26.3 Å². The van der Waals surface area contributed by atoms with Crippen LogP contribution in [0.15, 0.2) is 78.9 Å². The second-order valence-corrected chi connectivity index (χ2v) is 8.16. The summed E-state index contributed by atoms with van der Waals surface area (Å²) in [6.07, 6.45) is 2.30. The van der Waals surface area contributed by atoms with Crippen molar-refractivity contribution in [2.75, 3.05) is 0 Å². The smallest absolute Gasteiger partial charge is 0.162 e. The van der Waals surface area contributed by atoms with Crippen molar-refractivity contribution >= 4 is 5.78 Å². The van der Waals surface area contributed by atoms with E-state index in [-0.39, 0.29) is 11.2 Å². The van der Waals surface area contributed by atoms with Gasteiger partial charge in [-0.2, -0.15) is 0 Å². The van der Waals surface area contributed by atoms with E-state index in [9.17, 15) is 4.79 Å². The summed E-state index contributed by atoms with van der Waals surface area (Å²) in [4.78, 5) is 12.4. The molecule has 0 unspecified atom stereocenters. The minimum absolute atomic E-state index is 0.109. The van der Waals surface area contributed by atoms with Gasteiger partial charge in [-0.1, -0.05) is 75.4 Å². The predicted octanol–water partition coefficient (Wildman–Crippen LogP) is 6.98. The highest BCUT2D eigenvalue weighted by Crippen LogP contribution is 2.23. The zero-order valence-corrected chi connectivity index (χ0v) is 16.9. The Morgan fingerprint density at radius 2 is 1.39 bits per heavy atom. The number of ketones is 1. The molecule has 144 valence electrons. The fourth-order valence-electron chi connectivity index (χ4n) is 3.10. The molecule has 0 saturated carbocycles. The summed E-state index contributed by atoms with van der Waals surface area (Å²) in [6.45, 7) is 6.54. The molecule has 0 aliphatic heterocycles. The Labute approximate surface area is 168 Å². The van der Waals surface area contributed by atoms with Crippen LogP contribution in [0.4, 0.5) is 0 Å². The van der Waals surface area contributed by atoms with Crippen molar-refractivity contribution in [2.45, 2.75) is 45.4 Å². The van der Waals surface area contributed by atoms with Gasteiger partial charge in [0.2, 0.25) is 0 Å². The molecule has 0 heterocycles. The van der Waals surface area contributed by atoms with Gasteiger partial charge in [-0.05, 0) is 53.6 Å². The summed E-state index contributed by atoms with van der Waals surface area (Å²) < 4.78 is 5.81. The number of hydrogen-bond acceptors (Lipinski definition) is 2. The van der Waals surface area contributed by atoms with Gasteiger partial charge in [0.25, 0.3) is 0 Å². The lowest BCUT2D eigenvalue weighted by atomic mass is 9.86. The first-order chi connectivity index (χ1) is 13.4. The third-order valence-corrected chi connectivity index (χ3v) is 4.84. The van der Waals surface area contributed by atoms with Crippen LogP contribution in [-0.2, 0) is 11.8 Å². The third kappa shape index (κ3) is 5.56. The van der Waals surface area contributed by atoms with E-state index >= 15 is 0 Å². The average molecular weight is 373 g/mol. The molecular formula is C26H28O2. The molecule has 3 aromatic rings. The van der Waals surface area contributed by atoms with Gasteiger partial charge in [0.05, 0.1) is 0 Å². The van der Waals surface area contributed by atoms with Gasteiger partial charge in [-0.25, -0.2) is 0 Å². The zero-order valence-electron chi connectivity index (χ0n) is 16.9. The minimum Gasteiger partial charge on any atom is -0.457 e. The molecule has 3 aromatic carbocycles. The lowest BCUT2D eigenvalue weighted by molar-refractivity contribution is 0.0980. The van der Waals surface area contributed by atoms with Gasteiger partial charge in [0.1, 0.15) is 11.5 Å². The quantitative estimate of drug-likeness (QED) is 0.418. The van der Waals surface area contributed by atoms with Crippen LogP contribution in [0, 0.1) is 0 Å². The zero-order chi connectivity index (χ0) is 20.0. The Hall–Kier alpha value is -2.87. The molecule has 0 bridgehead atoms. The second-order valence-electron chi connectivity index (χ2n) is 8.16. The summed E-state index contributed by atoms with van der Waals surface area (Å²) in [5, 5.41) is 0. The number of hydrogen-bond donors (Lipinski definition) is 0. The highest BCUT2D eigenvalue weighted by molar-refractivity contribution is 5.96. The van der Waals surface area contributed by atoms with Crippen LogP contribution in [0.2, 0.25) is 0 Å². The van der Waals surface area contributed by atoms with Crippen molar-refractivity contribution < 1.29 is 9.53 Å². The van der Waals surface area contributed by atoms with Crippen molar-refractivity contribution in [3.8, 4) is 11.5 Å². The molecule has 2 heteroatoms. The number of benzene rings is 3. The molecule has 28 heavy (non-hydrogen) atoms. The van der Waals surface area contributed by atoms with E-state index in [1.165, 1.54) is 11.1 Å². The predicted molar refractivity (Wildman–Crippen MR) is 115 cm³/mol. The van der Waals surface area contributed by atoms with E-state index in [0.717, 1.165) is 29.9 Å². The van der Waals surface area contributed by atoms with Gasteiger partial charge in [-0.3, -0.25) is 4.79 Å². The van der Waals surface area contributed by atoms with E-state index in [1.54, 1.807) is 0 Å².